The van der Waals surface area contributed by atoms with Gasteiger partial charge in [0.05, 0.1) is 23.5 Å². The molecule has 3 aromatic rings. The molecule has 0 aliphatic heterocycles. The normalized spacial score (nSPS) is 12.9. The van der Waals surface area contributed by atoms with Crippen LogP contribution in [0.15, 0.2) is 60.7 Å². The topological polar surface area (TPSA) is 81.7 Å². The van der Waals surface area contributed by atoms with Crippen LogP contribution in [0, 0.1) is 18.7 Å². The van der Waals surface area contributed by atoms with Gasteiger partial charge in [0.15, 0.2) is 0 Å². The largest absolute Gasteiger partial charge is 0.478 e. The molecule has 0 aromatic heterocycles. The lowest BCUT2D eigenvalue weighted by Crippen LogP contribution is -2.32. The van der Waals surface area contributed by atoms with Gasteiger partial charge >= 0.3 is 12.0 Å². The number of carbonyl (C=O) groups excluding carboxylic acids is 1. The maximum atomic E-state index is 15.4. The highest BCUT2D eigenvalue weighted by molar-refractivity contribution is 6.03. The highest BCUT2D eigenvalue weighted by Crippen LogP contribution is 2.38. The van der Waals surface area contributed by atoms with Crippen LogP contribution < -0.4 is 15.5 Å². The monoisotopic (exact) mass is 497 g/mol. The quantitative estimate of drug-likeness (QED) is 0.310. The molecule has 0 saturated heterocycles. The Bertz CT molecular complexity index is 1260. The molecule has 1 aliphatic rings. The van der Waals surface area contributed by atoms with E-state index in [0.29, 0.717) is 12.2 Å². The van der Waals surface area contributed by atoms with Crippen LogP contribution in [-0.2, 0) is 0 Å². The molecule has 4 rings (SSSR count). The summed E-state index contributed by atoms with van der Waals surface area (Å²) in [6.07, 6.45) is -0.889. The lowest BCUT2D eigenvalue weighted by molar-refractivity contribution is 0.0697. The van der Waals surface area contributed by atoms with Crippen molar-refractivity contribution in [3.05, 3.63) is 77.6 Å². The number of aromatic carboxylic acids is 1. The number of carboxylic acids is 1. The summed E-state index contributed by atoms with van der Waals surface area (Å²) >= 11 is 0. The van der Waals surface area contributed by atoms with E-state index in [1.807, 2.05) is 19.1 Å². The second-order valence-corrected chi connectivity index (χ2v) is 8.88. The Morgan fingerprint density at radius 2 is 1.72 bits per heavy atom. The predicted molar refractivity (Wildman–Crippen MR) is 134 cm³/mol. The number of halogens is 3. The molecule has 1 saturated carbocycles. The van der Waals surface area contributed by atoms with Crippen molar-refractivity contribution in [3.8, 4) is 11.1 Å². The number of urea groups is 1. The van der Waals surface area contributed by atoms with Crippen LogP contribution in [0.3, 0.4) is 0 Å². The number of hydrogen-bond acceptors (Lipinski definition) is 3. The van der Waals surface area contributed by atoms with Crippen molar-refractivity contribution in [2.24, 2.45) is 5.92 Å². The molecule has 0 spiro atoms. The molecule has 0 atom stereocenters. The molecule has 6 nitrogen and oxygen atoms in total. The summed E-state index contributed by atoms with van der Waals surface area (Å²) < 4.78 is 42.3. The molecule has 1 fully saturated rings. The number of nitrogens with one attached hydrogen (secondary N) is 2. The van der Waals surface area contributed by atoms with E-state index >= 15 is 4.39 Å². The van der Waals surface area contributed by atoms with Crippen LogP contribution in [0.4, 0.5) is 35.0 Å². The first-order valence-electron chi connectivity index (χ1n) is 11.5. The van der Waals surface area contributed by atoms with E-state index in [9.17, 15) is 23.5 Å². The Kier molecular flexibility index (Phi) is 7.47. The summed E-state index contributed by atoms with van der Waals surface area (Å²) in [5.74, 6) is -1.81. The second kappa shape index (κ2) is 10.7. The summed E-state index contributed by atoms with van der Waals surface area (Å²) in [5, 5.41) is 14.9. The van der Waals surface area contributed by atoms with Gasteiger partial charge in [-0.25, -0.2) is 22.8 Å². The fourth-order valence-electron chi connectivity index (χ4n) is 4.01. The number of carbonyl (C=O) groups is 2. The molecule has 0 bridgehead atoms. The van der Waals surface area contributed by atoms with E-state index in [-0.39, 0.29) is 34.0 Å². The van der Waals surface area contributed by atoms with Crippen LogP contribution in [-0.4, -0.2) is 36.6 Å². The van der Waals surface area contributed by atoms with E-state index in [1.165, 1.54) is 29.2 Å². The predicted octanol–water partition coefficient (Wildman–Crippen LogP) is 6.62. The number of anilines is 3. The van der Waals surface area contributed by atoms with Crippen molar-refractivity contribution in [2.45, 2.75) is 26.2 Å². The number of nitrogens with zero attached hydrogens (tertiary/aromatic N) is 1. The first-order chi connectivity index (χ1) is 17.2. The van der Waals surface area contributed by atoms with Crippen LogP contribution in [0.5, 0.6) is 0 Å². The molecule has 36 heavy (non-hydrogen) atoms. The van der Waals surface area contributed by atoms with Crippen LogP contribution in [0.25, 0.3) is 11.1 Å². The molecule has 1 aliphatic carbocycles. The van der Waals surface area contributed by atoms with Gasteiger partial charge in [0.1, 0.15) is 5.82 Å². The zero-order valence-corrected chi connectivity index (χ0v) is 19.6. The molecule has 3 N–H and O–H groups in total. The highest BCUT2D eigenvalue weighted by atomic mass is 19.3. The molecule has 3 aromatic carbocycles. The van der Waals surface area contributed by atoms with Crippen LogP contribution >= 0.6 is 0 Å². The maximum absolute atomic E-state index is 15.4. The molecule has 2 amide bonds. The fraction of sp³-hybridized carbons (Fsp3) is 0.259. The third-order valence-corrected chi connectivity index (χ3v) is 5.97. The number of hydrogen-bond donors (Lipinski definition) is 3. The molecular weight excluding hydrogens is 471 g/mol. The number of aryl methyl sites for hydroxylation is 1. The summed E-state index contributed by atoms with van der Waals surface area (Å²) in [6.45, 7) is 1.57. The van der Waals surface area contributed by atoms with Crippen molar-refractivity contribution >= 4 is 29.1 Å². The van der Waals surface area contributed by atoms with Crippen molar-refractivity contribution in [3.63, 3.8) is 0 Å². The molecule has 0 heterocycles. The Balaban J connectivity index is 1.75. The van der Waals surface area contributed by atoms with Gasteiger partial charge in [-0.05, 0) is 61.6 Å². The lowest BCUT2D eigenvalue weighted by atomic mass is 9.97. The fourth-order valence-corrected chi connectivity index (χ4v) is 4.01. The highest BCUT2D eigenvalue weighted by Gasteiger charge is 2.28. The third kappa shape index (κ3) is 6.16. The van der Waals surface area contributed by atoms with Gasteiger partial charge in [-0.2, -0.15) is 0 Å². The average molecular weight is 498 g/mol. The number of rotatable bonds is 9. The van der Waals surface area contributed by atoms with Crippen molar-refractivity contribution in [1.29, 1.82) is 0 Å². The molecule has 0 unspecified atom stereocenters. The Hall–Kier alpha value is -4.01. The van der Waals surface area contributed by atoms with Gasteiger partial charge in [-0.15, -0.1) is 0 Å². The van der Waals surface area contributed by atoms with Gasteiger partial charge in [-0.1, -0.05) is 35.9 Å². The van der Waals surface area contributed by atoms with Gasteiger partial charge in [0, 0.05) is 17.8 Å². The van der Waals surface area contributed by atoms with Gasteiger partial charge in [0.2, 0.25) is 0 Å². The summed E-state index contributed by atoms with van der Waals surface area (Å²) in [7, 11) is 0. The van der Waals surface area contributed by atoms with E-state index in [2.05, 4.69) is 10.6 Å². The Labute approximate surface area is 206 Å². The van der Waals surface area contributed by atoms with Crippen molar-refractivity contribution in [1.82, 2.24) is 0 Å². The first-order valence-corrected chi connectivity index (χ1v) is 11.5. The Morgan fingerprint density at radius 3 is 2.36 bits per heavy atom. The van der Waals surface area contributed by atoms with Crippen LogP contribution in [0.1, 0.15) is 28.8 Å². The average Bonchev–Trinajstić information content (AvgIpc) is 3.65. The summed E-state index contributed by atoms with van der Waals surface area (Å²) in [6, 6.07) is 14.7. The zero-order valence-electron chi connectivity index (χ0n) is 19.6. The molecular formula is C27H26F3N3O3. The van der Waals surface area contributed by atoms with Crippen molar-refractivity contribution < 1.29 is 27.9 Å². The summed E-state index contributed by atoms with van der Waals surface area (Å²) in [5.41, 5.74) is 1.64. The van der Waals surface area contributed by atoms with E-state index < -0.39 is 30.8 Å². The summed E-state index contributed by atoms with van der Waals surface area (Å²) in [4.78, 5) is 25.9. The minimum absolute atomic E-state index is 0.0641. The molecule has 9 heteroatoms. The van der Waals surface area contributed by atoms with Crippen LogP contribution in [0.2, 0.25) is 0 Å². The second-order valence-electron chi connectivity index (χ2n) is 8.88. The minimum atomic E-state index is -2.67. The maximum Gasteiger partial charge on any atom is 0.336 e. The number of carboxylic acid groups (broad SMARTS) is 1. The first kappa shape index (κ1) is 25.1. The zero-order chi connectivity index (χ0) is 25.8. The van der Waals surface area contributed by atoms with Gasteiger partial charge in [0.25, 0.3) is 6.43 Å². The molecule has 188 valence electrons. The number of alkyl halides is 2. The standard InChI is InChI=1S/C27H26F3N3O3/c1-16-6-10-18(11-7-16)31-27(36)32-23-12-21(19-4-2-3-5-20(19)26(34)35)22(28)13-24(23)33(15-25(29)30)14-17-8-9-17/h2-7,10-13,17,25H,8-9,14-15H2,1H3,(H,34,35)(H2,31,32,36). The lowest BCUT2D eigenvalue weighted by Gasteiger charge is -2.28. The third-order valence-electron chi connectivity index (χ3n) is 5.97. The van der Waals surface area contributed by atoms with E-state index in [4.69, 9.17) is 0 Å². The number of amides is 2. The minimum Gasteiger partial charge on any atom is -0.478 e. The van der Waals surface area contributed by atoms with Gasteiger partial charge < -0.3 is 20.6 Å². The Morgan fingerprint density at radius 1 is 1.03 bits per heavy atom. The smallest absolute Gasteiger partial charge is 0.336 e. The van der Waals surface area contributed by atoms with E-state index in [0.717, 1.165) is 24.5 Å². The molecule has 0 radical (unpaired) electrons. The number of benzene rings is 3. The van der Waals surface area contributed by atoms with E-state index in [1.54, 1.807) is 18.2 Å². The van der Waals surface area contributed by atoms with Crippen molar-refractivity contribution in [2.75, 3.05) is 28.6 Å². The van der Waals surface area contributed by atoms with Gasteiger partial charge in [-0.3, -0.25) is 0 Å². The SMILES string of the molecule is Cc1ccc(NC(=O)Nc2cc(-c3ccccc3C(=O)O)c(F)cc2N(CC(F)F)CC2CC2)cc1.